The van der Waals surface area contributed by atoms with Gasteiger partial charge in [-0.25, -0.2) is 4.72 Å². The number of hydrogen-bond acceptors (Lipinski definition) is 3. The molecule has 0 aliphatic rings. The van der Waals surface area contributed by atoms with Crippen molar-refractivity contribution in [2.24, 2.45) is 0 Å². The number of halogens is 1. The fourth-order valence-electron chi connectivity index (χ4n) is 0.565. The second-order valence-corrected chi connectivity index (χ2v) is 5.95. The van der Waals surface area contributed by atoms with E-state index in [-0.39, 0.29) is 4.83 Å². The van der Waals surface area contributed by atoms with Crippen LogP contribution in [-0.2, 0) is 14.9 Å². The third kappa shape index (κ3) is 5.58. The van der Waals surface area contributed by atoms with Crippen LogP contribution >= 0.6 is 15.9 Å². The van der Waals surface area contributed by atoms with Gasteiger partial charge in [-0.1, -0.05) is 15.9 Å². The van der Waals surface area contributed by atoms with E-state index in [1.807, 2.05) is 0 Å². The number of ether oxygens (including phenoxy) is 1. The van der Waals surface area contributed by atoms with Gasteiger partial charge in [-0.15, -0.1) is 0 Å². The molecule has 1 N–H and O–H groups in total. The summed E-state index contributed by atoms with van der Waals surface area (Å²) in [5.74, 6) is 0. The molecule has 0 aliphatic heterocycles. The molecule has 0 aromatic rings. The number of alkyl halides is 1. The molecule has 0 radical (unpaired) electrons. The van der Waals surface area contributed by atoms with Gasteiger partial charge in [0.15, 0.2) is 0 Å². The van der Waals surface area contributed by atoms with Crippen LogP contribution in [0.2, 0.25) is 0 Å². The summed E-state index contributed by atoms with van der Waals surface area (Å²) < 4.78 is 30.8. The average molecular weight is 275 g/mol. The number of nitrogens with zero attached hydrogens (tertiary/aromatic N) is 1. The second kappa shape index (κ2) is 5.92. The minimum Gasteiger partial charge on any atom is -0.383 e. The van der Waals surface area contributed by atoms with Crippen LogP contribution in [0.25, 0.3) is 0 Å². The molecular formula is C6H15BrN2O3S. The van der Waals surface area contributed by atoms with Crippen LogP contribution in [0.1, 0.15) is 0 Å². The Morgan fingerprint density at radius 2 is 2.08 bits per heavy atom. The van der Waals surface area contributed by atoms with Crippen LogP contribution in [0.5, 0.6) is 0 Å². The van der Waals surface area contributed by atoms with Crippen LogP contribution in [0.4, 0.5) is 0 Å². The molecule has 0 heterocycles. The van der Waals surface area contributed by atoms with E-state index in [1.165, 1.54) is 14.1 Å². The largest absolute Gasteiger partial charge is 0.383 e. The fourth-order valence-corrected chi connectivity index (χ4v) is 1.88. The zero-order valence-corrected chi connectivity index (χ0v) is 10.4. The lowest BCUT2D eigenvalue weighted by Gasteiger charge is -2.14. The molecule has 7 heteroatoms. The van der Waals surface area contributed by atoms with Gasteiger partial charge in [-0.05, 0) is 0 Å². The zero-order valence-electron chi connectivity index (χ0n) is 7.95. The number of rotatable bonds is 6. The molecule has 0 amide bonds. The third-order valence-electron chi connectivity index (χ3n) is 1.32. The lowest BCUT2D eigenvalue weighted by Crippen LogP contribution is -2.39. The van der Waals surface area contributed by atoms with Crippen LogP contribution < -0.4 is 4.72 Å². The summed E-state index contributed by atoms with van der Waals surface area (Å²) in [6.07, 6.45) is 0. The van der Waals surface area contributed by atoms with Gasteiger partial charge in [0.25, 0.3) is 10.2 Å². The lowest BCUT2D eigenvalue weighted by molar-refractivity contribution is 0.201. The van der Waals surface area contributed by atoms with Crippen molar-refractivity contribution in [2.75, 3.05) is 34.4 Å². The smallest absolute Gasteiger partial charge is 0.278 e. The molecule has 1 atom stereocenters. The summed E-state index contributed by atoms with van der Waals surface area (Å²) in [6, 6.07) is 0. The van der Waals surface area contributed by atoms with Gasteiger partial charge in [-0.2, -0.15) is 12.7 Å². The molecule has 0 aliphatic carbocycles. The van der Waals surface area contributed by atoms with Crippen LogP contribution in [0.3, 0.4) is 0 Å². The molecule has 0 saturated heterocycles. The van der Waals surface area contributed by atoms with E-state index in [4.69, 9.17) is 4.74 Å². The van der Waals surface area contributed by atoms with Gasteiger partial charge in [0.2, 0.25) is 0 Å². The first kappa shape index (κ1) is 13.3. The molecule has 0 aromatic heterocycles. The average Bonchev–Trinajstić information content (AvgIpc) is 2.01. The topological polar surface area (TPSA) is 58.6 Å². The highest BCUT2D eigenvalue weighted by Gasteiger charge is 2.14. The Balaban J connectivity index is 3.89. The van der Waals surface area contributed by atoms with Gasteiger partial charge in [-0.3, -0.25) is 0 Å². The lowest BCUT2D eigenvalue weighted by atomic mass is 10.5. The molecule has 13 heavy (non-hydrogen) atoms. The predicted molar refractivity (Wildman–Crippen MR) is 55.2 cm³/mol. The van der Waals surface area contributed by atoms with E-state index in [0.717, 1.165) is 4.31 Å². The van der Waals surface area contributed by atoms with Crippen LogP contribution in [0, 0.1) is 0 Å². The molecule has 0 aromatic carbocycles. The van der Waals surface area contributed by atoms with Crippen molar-refractivity contribution in [1.82, 2.24) is 9.03 Å². The zero-order chi connectivity index (χ0) is 10.5. The number of hydrogen-bond donors (Lipinski definition) is 1. The molecule has 1 unspecified atom stereocenters. The maximum atomic E-state index is 11.2. The Kier molecular flexibility index (Phi) is 6.06. The Bertz CT molecular complexity index is 230. The minimum absolute atomic E-state index is 0.00720. The molecule has 0 saturated carbocycles. The molecule has 0 rings (SSSR count). The molecule has 0 fully saturated rings. The van der Waals surface area contributed by atoms with E-state index < -0.39 is 10.2 Å². The van der Waals surface area contributed by atoms with Gasteiger partial charge in [0, 0.05) is 27.7 Å². The molecule has 0 spiro atoms. The van der Waals surface area contributed by atoms with Gasteiger partial charge >= 0.3 is 0 Å². The summed E-state index contributed by atoms with van der Waals surface area (Å²) in [5, 5.41) is 0. The first-order valence-corrected chi connectivity index (χ1v) is 6.06. The molecule has 0 bridgehead atoms. The highest BCUT2D eigenvalue weighted by Crippen LogP contribution is 1.99. The molecule has 80 valence electrons. The second-order valence-electron chi connectivity index (χ2n) is 2.69. The minimum atomic E-state index is -3.31. The monoisotopic (exact) mass is 274 g/mol. The van der Waals surface area contributed by atoms with Crippen molar-refractivity contribution >= 4 is 26.1 Å². The van der Waals surface area contributed by atoms with Gasteiger partial charge in [0.1, 0.15) is 0 Å². The normalized spacial score (nSPS) is 14.8. The van der Waals surface area contributed by atoms with Crippen molar-refractivity contribution in [3.8, 4) is 0 Å². The van der Waals surface area contributed by atoms with E-state index in [2.05, 4.69) is 20.7 Å². The third-order valence-corrected chi connectivity index (χ3v) is 3.40. The number of nitrogens with one attached hydrogen (secondary N) is 1. The summed E-state index contributed by atoms with van der Waals surface area (Å²) in [5.41, 5.74) is 0. The summed E-state index contributed by atoms with van der Waals surface area (Å²) in [7, 11) is 1.20. The Morgan fingerprint density at radius 3 is 2.46 bits per heavy atom. The quantitative estimate of drug-likeness (QED) is 0.683. The molecular weight excluding hydrogens is 260 g/mol. The van der Waals surface area contributed by atoms with Crippen molar-refractivity contribution in [3.05, 3.63) is 0 Å². The Morgan fingerprint density at radius 1 is 1.54 bits per heavy atom. The maximum absolute atomic E-state index is 11.2. The predicted octanol–water partition coefficient (Wildman–Crippen LogP) is -0.208. The summed E-state index contributed by atoms with van der Waals surface area (Å²) in [4.78, 5) is -0.00720. The van der Waals surface area contributed by atoms with Crippen molar-refractivity contribution in [1.29, 1.82) is 0 Å². The van der Waals surface area contributed by atoms with Gasteiger partial charge < -0.3 is 4.74 Å². The Hall–Kier alpha value is 0.310. The van der Waals surface area contributed by atoms with Crippen molar-refractivity contribution in [2.45, 2.75) is 4.83 Å². The van der Waals surface area contributed by atoms with Crippen molar-refractivity contribution < 1.29 is 13.2 Å². The summed E-state index contributed by atoms with van der Waals surface area (Å²) in [6.45, 7) is 0.782. The number of methoxy groups -OCH3 is 1. The maximum Gasteiger partial charge on any atom is 0.278 e. The van der Waals surface area contributed by atoms with Crippen LogP contribution in [-0.4, -0.2) is 51.9 Å². The SMILES string of the molecule is COCC(Br)CNS(=O)(=O)N(C)C. The van der Waals surface area contributed by atoms with E-state index in [9.17, 15) is 8.42 Å². The highest BCUT2D eigenvalue weighted by molar-refractivity contribution is 9.09. The van der Waals surface area contributed by atoms with E-state index >= 15 is 0 Å². The standard InChI is InChI=1S/C6H15BrN2O3S/c1-9(2)13(10,11)8-4-6(7)5-12-3/h6,8H,4-5H2,1-3H3. The fraction of sp³-hybridized carbons (Fsp3) is 1.00. The Labute approximate surface area is 87.8 Å². The van der Waals surface area contributed by atoms with Gasteiger partial charge in [0.05, 0.1) is 11.4 Å². The first-order valence-electron chi connectivity index (χ1n) is 3.70. The van der Waals surface area contributed by atoms with E-state index in [0.29, 0.717) is 13.2 Å². The first-order chi connectivity index (χ1) is 5.90. The highest BCUT2D eigenvalue weighted by atomic mass is 79.9. The van der Waals surface area contributed by atoms with E-state index in [1.54, 1.807) is 7.11 Å². The van der Waals surface area contributed by atoms with Crippen LogP contribution in [0.15, 0.2) is 0 Å². The summed E-state index contributed by atoms with van der Waals surface area (Å²) >= 11 is 3.27. The molecule has 5 nitrogen and oxygen atoms in total. The van der Waals surface area contributed by atoms with Crippen molar-refractivity contribution in [3.63, 3.8) is 0 Å².